The van der Waals surface area contributed by atoms with Crippen molar-refractivity contribution in [2.75, 3.05) is 5.32 Å². The molecule has 33 heavy (non-hydrogen) atoms. The first kappa shape index (κ1) is 24.4. The summed E-state index contributed by atoms with van der Waals surface area (Å²) in [6.07, 6.45) is 0.526. The Morgan fingerprint density at radius 2 is 1.55 bits per heavy atom. The zero-order chi connectivity index (χ0) is 24.4. The molecule has 174 valence electrons. The Balaban J connectivity index is 1.92. The van der Waals surface area contributed by atoms with Gasteiger partial charge in [-0.1, -0.05) is 12.1 Å². The molecule has 0 bridgehead atoms. The summed E-state index contributed by atoms with van der Waals surface area (Å²) in [5.74, 6) is 0. The SMILES string of the molecule is CC(C)(C)OC(=O)Nc1ccc(-c2cc(-c3ccnc(Br)c3)n(C(=O)OC(C)(C)C)n2)cc1. The minimum Gasteiger partial charge on any atom is -0.444 e. The van der Waals surface area contributed by atoms with E-state index in [4.69, 9.17) is 9.47 Å². The Hall–Kier alpha value is -3.20. The molecule has 3 aromatic rings. The van der Waals surface area contributed by atoms with Crippen molar-refractivity contribution in [1.29, 1.82) is 0 Å². The quantitative estimate of drug-likeness (QED) is 0.400. The standard InChI is InChI=1S/C24H27BrN4O4/c1-23(2,3)32-21(30)27-17-9-7-15(8-10-17)18-14-19(16-11-12-26-20(25)13-16)29(28-18)22(31)33-24(4,5)6/h7-14H,1-6H3,(H,27,30). The van der Waals surface area contributed by atoms with Crippen molar-refractivity contribution in [1.82, 2.24) is 14.8 Å². The van der Waals surface area contributed by atoms with Crippen molar-refractivity contribution >= 4 is 33.8 Å². The van der Waals surface area contributed by atoms with Gasteiger partial charge in [-0.3, -0.25) is 5.32 Å². The highest BCUT2D eigenvalue weighted by Gasteiger charge is 2.23. The maximum Gasteiger partial charge on any atom is 0.435 e. The first-order valence-corrected chi connectivity index (χ1v) is 11.2. The highest BCUT2D eigenvalue weighted by molar-refractivity contribution is 9.10. The van der Waals surface area contributed by atoms with Crippen molar-refractivity contribution in [2.24, 2.45) is 0 Å². The number of anilines is 1. The Morgan fingerprint density at radius 1 is 0.909 bits per heavy atom. The third kappa shape index (κ3) is 6.89. The topological polar surface area (TPSA) is 95.3 Å². The number of ether oxygens (including phenoxy) is 2. The van der Waals surface area contributed by atoms with Gasteiger partial charge in [0, 0.05) is 23.0 Å². The molecule has 8 nitrogen and oxygen atoms in total. The number of hydrogen-bond acceptors (Lipinski definition) is 6. The van der Waals surface area contributed by atoms with Gasteiger partial charge in [0.1, 0.15) is 15.8 Å². The molecule has 0 aliphatic rings. The van der Waals surface area contributed by atoms with Crippen molar-refractivity contribution in [3.05, 3.63) is 53.3 Å². The fourth-order valence-electron chi connectivity index (χ4n) is 2.88. The van der Waals surface area contributed by atoms with Crippen LogP contribution in [0.5, 0.6) is 0 Å². The summed E-state index contributed by atoms with van der Waals surface area (Å²) in [6.45, 7) is 10.8. The normalized spacial score (nSPS) is 11.7. The van der Waals surface area contributed by atoms with Gasteiger partial charge >= 0.3 is 12.2 Å². The largest absolute Gasteiger partial charge is 0.444 e. The van der Waals surface area contributed by atoms with Crippen LogP contribution in [0.3, 0.4) is 0 Å². The van der Waals surface area contributed by atoms with Crippen LogP contribution in [0.4, 0.5) is 15.3 Å². The van der Waals surface area contributed by atoms with E-state index in [-0.39, 0.29) is 0 Å². The van der Waals surface area contributed by atoms with Crippen molar-refractivity contribution in [2.45, 2.75) is 52.7 Å². The van der Waals surface area contributed by atoms with E-state index in [0.29, 0.717) is 21.7 Å². The van der Waals surface area contributed by atoms with E-state index in [1.807, 2.05) is 6.07 Å². The van der Waals surface area contributed by atoms with Crippen LogP contribution in [-0.2, 0) is 9.47 Å². The number of nitrogens with one attached hydrogen (secondary N) is 1. The number of hydrogen-bond donors (Lipinski definition) is 1. The molecule has 1 N–H and O–H groups in total. The molecule has 0 saturated heterocycles. The fourth-order valence-corrected chi connectivity index (χ4v) is 3.24. The summed E-state index contributed by atoms with van der Waals surface area (Å²) in [4.78, 5) is 29.0. The first-order valence-electron chi connectivity index (χ1n) is 10.4. The van der Waals surface area contributed by atoms with E-state index in [0.717, 1.165) is 11.1 Å². The molecule has 3 rings (SSSR count). The molecular weight excluding hydrogens is 488 g/mol. The van der Waals surface area contributed by atoms with E-state index in [1.165, 1.54) is 4.68 Å². The van der Waals surface area contributed by atoms with Crippen molar-refractivity contribution < 1.29 is 19.1 Å². The van der Waals surface area contributed by atoms with Crippen LogP contribution in [0.25, 0.3) is 22.5 Å². The third-order valence-corrected chi connectivity index (χ3v) is 4.56. The number of rotatable bonds is 3. The molecule has 0 aliphatic heterocycles. The van der Waals surface area contributed by atoms with Crippen LogP contribution in [0, 0.1) is 0 Å². The Labute approximate surface area is 201 Å². The second-order valence-electron chi connectivity index (χ2n) is 9.38. The summed E-state index contributed by atoms with van der Waals surface area (Å²) in [7, 11) is 0. The van der Waals surface area contributed by atoms with Gasteiger partial charge in [-0.05, 0) is 87.8 Å². The highest BCUT2D eigenvalue weighted by atomic mass is 79.9. The van der Waals surface area contributed by atoms with Gasteiger partial charge in [0.25, 0.3) is 0 Å². The van der Waals surface area contributed by atoms with Crippen LogP contribution < -0.4 is 5.32 Å². The molecule has 2 heterocycles. The molecular formula is C24H27BrN4O4. The molecule has 1 amide bonds. The maximum atomic E-state index is 12.9. The molecule has 0 atom stereocenters. The molecule has 0 radical (unpaired) electrons. The summed E-state index contributed by atoms with van der Waals surface area (Å²) < 4.78 is 12.7. The van der Waals surface area contributed by atoms with E-state index < -0.39 is 23.4 Å². The van der Waals surface area contributed by atoms with E-state index in [2.05, 4.69) is 31.3 Å². The molecule has 9 heteroatoms. The number of benzene rings is 1. The van der Waals surface area contributed by atoms with Gasteiger partial charge in [0.2, 0.25) is 0 Å². The lowest BCUT2D eigenvalue weighted by Crippen LogP contribution is -2.28. The highest BCUT2D eigenvalue weighted by Crippen LogP contribution is 2.29. The number of carbonyl (C=O) groups is 2. The van der Waals surface area contributed by atoms with Crippen LogP contribution in [0.15, 0.2) is 53.3 Å². The molecule has 0 spiro atoms. The number of carbonyl (C=O) groups excluding carboxylic acids is 2. The van der Waals surface area contributed by atoms with Gasteiger partial charge in [-0.25, -0.2) is 14.6 Å². The zero-order valence-electron chi connectivity index (χ0n) is 19.5. The number of aromatic nitrogens is 3. The summed E-state index contributed by atoms with van der Waals surface area (Å²) in [5.41, 5.74) is 1.99. The fraction of sp³-hybridized carbons (Fsp3) is 0.333. The first-order chi connectivity index (χ1) is 15.3. The van der Waals surface area contributed by atoms with E-state index in [9.17, 15) is 9.59 Å². The summed E-state index contributed by atoms with van der Waals surface area (Å²) in [6, 6.07) is 12.5. The Bertz CT molecular complexity index is 1160. The minimum atomic E-state index is -0.672. The molecule has 0 saturated carbocycles. The molecule has 0 unspecified atom stereocenters. The van der Waals surface area contributed by atoms with E-state index in [1.54, 1.807) is 84.1 Å². The van der Waals surface area contributed by atoms with Crippen LogP contribution in [0.2, 0.25) is 0 Å². The number of halogens is 1. The van der Waals surface area contributed by atoms with Gasteiger partial charge in [-0.2, -0.15) is 9.78 Å². The zero-order valence-corrected chi connectivity index (χ0v) is 21.1. The van der Waals surface area contributed by atoms with Crippen LogP contribution in [-0.4, -0.2) is 38.2 Å². The average Bonchev–Trinajstić information content (AvgIpc) is 3.11. The number of pyridine rings is 1. The van der Waals surface area contributed by atoms with E-state index >= 15 is 0 Å². The molecule has 0 fully saturated rings. The van der Waals surface area contributed by atoms with Gasteiger partial charge in [-0.15, -0.1) is 0 Å². The predicted molar refractivity (Wildman–Crippen MR) is 130 cm³/mol. The molecule has 1 aromatic carbocycles. The average molecular weight is 515 g/mol. The summed E-state index contributed by atoms with van der Waals surface area (Å²) >= 11 is 3.37. The van der Waals surface area contributed by atoms with Gasteiger partial charge in [0.15, 0.2) is 0 Å². The molecule has 2 aromatic heterocycles. The smallest absolute Gasteiger partial charge is 0.435 e. The number of nitrogens with zero attached hydrogens (tertiary/aromatic N) is 3. The van der Waals surface area contributed by atoms with Gasteiger partial charge < -0.3 is 9.47 Å². The summed E-state index contributed by atoms with van der Waals surface area (Å²) in [5, 5.41) is 7.20. The second-order valence-corrected chi connectivity index (χ2v) is 10.2. The van der Waals surface area contributed by atoms with Crippen LogP contribution in [0.1, 0.15) is 41.5 Å². The lowest BCUT2D eigenvalue weighted by Gasteiger charge is -2.19. The van der Waals surface area contributed by atoms with Crippen molar-refractivity contribution in [3.63, 3.8) is 0 Å². The predicted octanol–water partition coefficient (Wildman–Crippen LogP) is 6.50. The maximum absolute atomic E-state index is 12.9. The monoisotopic (exact) mass is 514 g/mol. The number of amides is 1. The molecule has 0 aliphatic carbocycles. The van der Waals surface area contributed by atoms with Crippen LogP contribution >= 0.6 is 15.9 Å². The second kappa shape index (κ2) is 9.35. The third-order valence-electron chi connectivity index (χ3n) is 4.12. The van der Waals surface area contributed by atoms with Crippen molar-refractivity contribution in [3.8, 4) is 22.5 Å². The Morgan fingerprint density at radius 3 is 2.12 bits per heavy atom. The lowest BCUT2D eigenvalue weighted by molar-refractivity contribution is 0.0517. The van der Waals surface area contributed by atoms with Gasteiger partial charge in [0.05, 0.1) is 11.4 Å². The Kier molecular flexibility index (Phi) is 6.92. The lowest BCUT2D eigenvalue weighted by atomic mass is 10.1. The minimum absolute atomic E-state index is 0.532.